The van der Waals surface area contributed by atoms with Crippen molar-refractivity contribution in [2.75, 3.05) is 6.54 Å². The van der Waals surface area contributed by atoms with E-state index in [0.717, 1.165) is 25.1 Å². The zero-order valence-electron chi connectivity index (χ0n) is 10.5. The zero-order chi connectivity index (χ0) is 12.3. The molecule has 4 heteroatoms. The molecule has 2 rings (SSSR count). The van der Waals surface area contributed by atoms with Gasteiger partial charge in [0.1, 0.15) is 5.76 Å². The summed E-state index contributed by atoms with van der Waals surface area (Å²) in [5.41, 5.74) is 0. The van der Waals surface area contributed by atoms with E-state index < -0.39 is 0 Å². The van der Waals surface area contributed by atoms with Gasteiger partial charge in [-0.05, 0) is 25.0 Å². The lowest BCUT2D eigenvalue weighted by atomic mass is 10.0. The molecule has 1 aromatic heterocycles. The normalized spacial score (nSPS) is 21.2. The maximum Gasteiger partial charge on any atom is 0.240 e. The molecule has 1 N–H and O–H groups in total. The van der Waals surface area contributed by atoms with Crippen molar-refractivity contribution in [3.63, 3.8) is 0 Å². The second kappa shape index (κ2) is 5.36. The molecule has 1 saturated heterocycles. The van der Waals surface area contributed by atoms with Gasteiger partial charge in [0.2, 0.25) is 5.91 Å². The zero-order valence-corrected chi connectivity index (χ0v) is 10.5. The molecule has 1 fully saturated rings. The Balaban J connectivity index is 1.96. The molecule has 0 saturated carbocycles. The second-order valence-electron chi connectivity index (χ2n) is 4.86. The molecule has 0 spiro atoms. The number of hydrogen-bond acceptors (Lipinski definition) is 3. The van der Waals surface area contributed by atoms with Crippen molar-refractivity contribution in [1.82, 2.24) is 10.2 Å². The van der Waals surface area contributed by atoms with Gasteiger partial charge in [-0.15, -0.1) is 0 Å². The summed E-state index contributed by atoms with van der Waals surface area (Å²) >= 11 is 0. The fourth-order valence-electron chi connectivity index (χ4n) is 2.24. The predicted octanol–water partition coefficient (Wildman–Crippen LogP) is 1.77. The Morgan fingerprint density at radius 3 is 3.06 bits per heavy atom. The van der Waals surface area contributed by atoms with Crippen LogP contribution in [0.2, 0.25) is 0 Å². The summed E-state index contributed by atoms with van der Waals surface area (Å²) < 4.78 is 5.29. The summed E-state index contributed by atoms with van der Waals surface area (Å²) in [6, 6.07) is 4.08. The van der Waals surface area contributed by atoms with E-state index in [1.165, 1.54) is 0 Å². The summed E-state index contributed by atoms with van der Waals surface area (Å²) in [5.74, 6) is 1.05. The minimum atomic E-state index is -0.0290. The van der Waals surface area contributed by atoms with Crippen LogP contribution in [-0.2, 0) is 11.3 Å². The minimum Gasteiger partial charge on any atom is -0.467 e. The van der Waals surface area contributed by atoms with Crippen LogP contribution in [0.25, 0.3) is 0 Å². The van der Waals surface area contributed by atoms with Crippen molar-refractivity contribution in [1.29, 1.82) is 0 Å². The molecule has 1 aliphatic rings. The van der Waals surface area contributed by atoms with Gasteiger partial charge in [-0.25, -0.2) is 0 Å². The number of carbonyl (C=O) groups is 1. The highest BCUT2D eigenvalue weighted by molar-refractivity contribution is 5.82. The lowest BCUT2D eigenvalue weighted by Gasteiger charge is -2.33. The smallest absolute Gasteiger partial charge is 0.240 e. The second-order valence-corrected chi connectivity index (χ2v) is 4.86. The first kappa shape index (κ1) is 12.2. The van der Waals surface area contributed by atoms with Crippen LogP contribution in [0.1, 0.15) is 32.4 Å². The fourth-order valence-corrected chi connectivity index (χ4v) is 2.24. The van der Waals surface area contributed by atoms with Crippen LogP contribution < -0.4 is 5.32 Å². The van der Waals surface area contributed by atoms with Crippen molar-refractivity contribution in [2.45, 2.75) is 45.3 Å². The van der Waals surface area contributed by atoms with Gasteiger partial charge in [0.05, 0.1) is 18.8 Å². The Morgan fingerprint density at radius 2 is 2.41 bits per heavy atom. The van der Waals surface area contributed by atoms with Gasteiger partial charge in [-0.2, -0.15) is 0 Å². The maximum absolute atomic E-state index is 12.2. The number of likely N-dealkylation sites (tertiary alicyclic amines) is 1. The maximum atomic E-state index is 12.2. The van der Waals surface area contributed by atoms with E-state index >= 15 is 0 Å². The molecular weight excluding hydrogens is 216 g/mol. The van der Waals surface area contributed by atoms with Gasteiger partial charge in [-0.3, -0.25) is 4.79 Å². The van der Waals surface area contributed by atoms with Crippen LogP contribution in [0.15, 0.2) is 22.8 Å². The van der Waals surface area contributed by atoms with E-state index in [9.17, 15) is 4.79 Å². The third-order valence-corrected chi connectivity index (χ3v) is 2.99. The highest BCUT2D eigenvalue weighted by Gasteiger charge is 2.29. The Hall–Kier alpha value is -1.29. The number of carbonyl (C=O) groups excluding carboxylic acids is 1. The summed E-state index contributed by atoms with van der Waals surface area (Å²) in [4.78, 5) is 14.1. The Labute approximate surface area is 102 Å². The number of piperidine rings is 1. The minimum absolute atomic E-state index is 0.0290. The average molecular weight is 236 g/mol. The van der Waals surface area contributed by atoms with Crippen molar-refractivity contribution in [3.8, 4) is 0 Å². The van der Waals surface area contributed by atoms with Crippen molar-refractivity contribution in [3.05, 3.63) is 24.2 Å². The first-order chi connectivity index (χ1) is 8.16. The Morgan fingerprint density at radius 1 is 1.59 bits per heavy atom. The highest BCUT2D eigenvalue weighted by Crippen LogP contribution is 2.15. The molecule has 17 heavy (non-hydrogen) atoms. The average Bonchev–Trinajstić information content (AvgIpc) is 2.76. The SMILES string of the molecule is CC(C)NC1CCCN(Cc2ccco2)C1=O. The van der Waals surface area contributed by atoms with Crippen LogP contribution >= 0.6 is 0 Å². The fraction of sp³-hybridized carbons (Fsp3) is 0.615. The molecule has 1 aromatic rings. The van der Waals surface area contributed by atoms with E-state index in [-0.39, 0.29) is 11.9 Å². The topological polar surface area (TPSA) is 45.5 Å². The Kier molecular flexibility index (Phi) is 3.84. The molecule has 1 aliphatic heterocycles. The monoisotopic (exact) mass is 236 g/mol. The van der Waals surface area contributed by atoms with Crippen LogP contribution in [-0.4, -0.2) is 29.4 Å². The van der Waals surface area contributed by atoms with Crippen molar-refractivity contribution >= 4 is 5.91 Å². The lowest BCUT2D eigenvalue weighted by molar-refractivity contribution is -0.137. The van der Waals surface area contributed by atoms with Gasteiger partial charge in [0, 0.05) is 12.6 Å². The van der Waals surface area contributed by atoms with Gasteiger partial charge in [0.25, 0.3) is 0 Å². The van der Waals surface area contributed by atoms with Gasteiger partial charge < -0.3 is 14.6 Å². The molecule has 0 aromatic carbocycles. The van der Waals surface area contributed by atoms with E-state index in [4.69, 9.17) is 4.42 Å². The molecule has 1 atom stereocenters. The number of nitrogens with one attached hydrogen (secondary N) is 1. The summed E-state index contributed by atoms with van der Waals surface area (Å²) in [6.07, 6.45) is 3.64. The third kappa shape index (κ3) is 3.09. The largest absolute Gasteiger partial charge is 0.467 e. The van der Waals surface area contributed by atoms with Crippen LogP contribution in [0.3, 0.4) is 0 Å². The first-order valence-electron chi connectivity index (χ1n) is 6.24. The molecule has 0 bridgehead atoms. The van der Waals surface area contributed by atoms with Crippen molar-refractivity contribution in [2.24, 2.45) is 0 Å². The number of amides is 1. The summed E-state index contributed by atoms with van der Waals surface area (Å²) in [7, 11) is 0. The molecule has 1 unspecified atom stereocenters. The lowest BCUT2D eigenvalue weighted by Crippen LogP contribution is -2.51. The Bertz CT molecular complexity index is 360. The standard InChI is InChI=1S/C13H20N2O2/c1-10(2)14-12-6-3-7-15(13(12)16)9-11-5-4-8-17-11/h4-5,8,10,12,14H,3,6-7,9H2,1-2H3. The highest BCUT2D eigenvalue weighted by atomic mass is 16.3. The quantitative estimate of drug-likeness (QED) is 0.866. The molecular formula is C13H20N2O2. The van der Waals surface area contributed by atoms with Crippen LogP contribution in [0.5, 0.6) is 0 Å². The molecule has 0 radical (unpaired) electrons. The first-order valence-corrected chi connectivity index (χ1v) is 6.24. The summed E-state index contributed by atoms with van der Waals surface area (Å²) in [6.45, 7) is 5.55. The third-order valence-electron chi connectivity index (χ3n) is 2.99. The molecule has 0 aliphatic carbocycles. The van der Waals surface area contributed by atoms with E-state index in [1.807, 2.05) is 17.0 Å². The number of rotatable bonds is 4. The number of furan rings is 1. The molecule has 1 amide bonds. The van der Waals surface area contributed by atoms with Gasteiger partial charge >= 0.3 is 0 Å². The number of nitrogens with zero attached hydrogens (tertiary/aromatic N) is 1. The number of hydrogen-bond donors (Lipinski definition) is 1. The predicted molar refractivity (Wildman–Crippen MR) is 65.4 cm³/mol. The van der Waals surface area contributed by atoms with E-state index in [1.54, 1.807) is 6.26 Å². The molecule has 2 heterocycles. The summed E-state index contributed by atoms with van der Waals surface area (Å²) in [5, 5.41) is 3.32. The van der Waals surface area contributed by atoms with E-state index in [2.05, 4.69) is 19.2 Å². The van der Waals surface area contributed by atoms with Crippen LogP contribution in [0.4, 0.5) is 0 Å². The van der Waals surface area contributed by atoms with Gasteiger partial charge in [-0.1, -0.05) is 13.8 Å². The molecule has 94 valence electrons. The van der Waals surface area contributed by atoms with Crippen LogP contribution in [0, 0.1) is 0 Å². The van der Waals surface area contributed by atoms with E-state index in [0.29, 0.717) is 12.6 Å². The molecule has 4 nitrogen and oxygen atoms in total. The van der Waals surface area contributed by atoms with Crippen molar-refractivity contribution < 1.29 is 9.21 Å². The van der Waals surface area contributed by atoms with Gasteiger partial charge in [0.15, 0.2) is 0 Å².